The number of primary amides is 1. The summed E-state index contributed by atoms with van der Waals surface area (Å²) >= 11 is 1.18. The first-order chi connectivity index (χ1) is 6.82. The van der Waals surface area contributed by atoms with E-state index in [1.54, 1.807) is 5.38 Å². The molecule has 0 aliphatic heterocycles. The predicted octanol–water partition coefficient (Wildman–Crippen LogP) is 0.556. The van der Waals surface area contributed by atoms with Crippen molar-refractivity contribution in [3.63, 3.8) is 0 Å². The van der Waals surface area contributed by atoms with Crippen molar-refractivity contribution < 1.29 is 14.7 Å². The van der Waals surface area contributed by atoms with Crippen LogP contribution in [0.5, 0.6) is 0 Å². The molecule has 6 heteroatoms. The largest absolute Gasteiger partial charge is 0.381 e. The average molecular weight is 228 g/mol. The second-order valence-corrected chi connectivity index (χ2v) is 4.46. The Kier molecular flexibility index (Phi) is 3.11. The summed E-state index contributed by atoms with van der Waals surface area (Å²) in [6.07, 6.45) is 0. The number of hydrogen-bond donors (Lipinski definition) is 3. The van der Waals surface area contributed by atoms with Crippen LogP contribution in [0, 0.1) is 0 Å². The highest BCUT2D eigenvalue weighted by Gasteiger charge is 2.25. The molecule has 82 valence electrons. The maximum atomic E-state index is 11.4. The number of anilines is 1. The number of carbonyl (C=O) groups is 2. The lowest BCUT2D eigenvalue weighted by molar-refractivity contribution is -0.130. The van der Waals surface area contributed by atoms with Gasteiger partial charge in [-0.15, -0.1) is 11.3 Å². The van der Waals surface area contributed by atoms with Crippen molar-refractivity contribution >= 4 is 28.2 Å². The van der Waals surface area contributed by atoms with Gasteiger partial charge in [-0.2, -0.15) is 0 Å². The van der Waals surface area contributed by atoms with Crippen LogP contribution in [0.4, 0.5) is 5.00 Å². The number of hydrogen-bond acceptors (Lipinski definition) is 4. The molecule has 0 saturated heterocycles. The first-order valence-corrected chi connectivity index (χ1v) is 5.11. The van der Waals surface area contributed by atoms with Gasteiger partial charge in [0, 0.05) is 0 Å². The molecule has 0 atom stereocenters. The minimum Gasteiger partial charge on any atom is -0.381 e. The van der Waals surface area contributed by atoms with Crippen molar-refractivity contribution in [2.45, 2.75) is 19.4 Å². The molecule has 0 saturated carbocycles. The van der Waals surface area contributed by atoms with Gasteiger partial charge in [-0.1, -0.05) is 0 Å². The van der Waals surface area contributed by atoms with E-state index in [1.165, 1.54) is 31.3 Å². The van der Waals surface area contributed by atoms with Gasteiger partial charge in [0.15, 0.2) is 0 Å². The maximum absolute atomic E-state index is 11.4. The van der Waals surface area contributed by atoms with E-state index < -0.39 is 17.4 Å². The quantitative estimate of drug-likeness (QED) is 0.705. The third kappa shape index (κ3) is 2.77. The van der Waals surface area contributed by atoms with E-state index in [0.717, 1.165) is 0 Å². The normalized spacial score (nSPS) is 11.1. The zero-order chi connectivity index (χ0) is 11.6. The zero-order valence-corrected chi connectivity index (χ0v) is 9.22. The van der Waals surface area contributed by atoms with Crippen LogP contribution in [0.15, 0.2) is 11.4 Å². The predicted molar refractivity (Wildman–Crippen MR) is 57.8 cm³/mol. The minimum absolute atomic E-state index is 0.248. The monoisotopic (exact) mass is 228 g/mol. The minimum atomic E-state index is -1.49. The topological polar surface area (TPSA) is 92.4 Å². The lowest BCUT2D eigenvalue weighted by Crippen LogP contribution is -2.36. The van der Waals surface area contributed by atoms with E-state index in [-0.39, 0.29) is 5.56 Å². The Morgan fingerprint density at radius 2 is 2.13 bits per heavy atom. The molecule has 0 radical (unpaired) electrons. The van der Waals surface area contributed by atoms with E-state index in [2.05, 4.69) is 5.32 Å². The van der Waals surface area contributed by atoms with Crippen LogP contribution < -0.4 is 11.1 Å². The van der Waals surface area contributed by atoms with Crippen LogP contribution in [0.1, 0.15) is 24.2 Å². The molecule has 1 aromatic heterocycles. The lowest BCUT2D eigenvalue weighted by atomic mass is 10.1. The van der Waals surface area contributed by atoms with E-state index in [4.69, 9.17) is 5.73 Å². The highest BCUT2D eigenvalue weighted by molar-refractivity contribution is 7.14. The third-order valence-corrected chi connectivity index (χ3v) is 2.54. The summed E-state index contributed by atoms with van der Waals surface area (Å²) in [5, 5.41) is 13.8. The molecule has 0 spiro atoms. The first-order valence-electron chi connectivity index (χ1n) is 4.23. The fourth-order valence-corrected chi connectivity index (χ4v) is 1.64. The Balaban J connectivity index is 2.86. The summed E-state index contributed by atoms with van der Waals surface area (Å²) in [6.45, 7) is 2.72. The summed E-state index contributed by atoms with van der Waals surface area (Å²) in [4.78, 5) is 22.3. The number of nitrogens with one attached hydrogen (secondary N) is 1. The van der Waals surface area contributed by atoms with Crippen molar-refractivity contribution in [3.8, 4) is 0 Å². The number of rotatable bonds is 3. The highest BCUT2D eigenvalue weighted by Crippen LogP contribution is 2.23. The molecule has 0 fully saturated rings. The molecule has 1 aromatic rings. The molecule has 2 amide bonds. The molecule has 0 unspecified atom stereocenters. The van der Waals surface area contributed by atoms with Crippen molar-refractivity contribution in [1.29, 1.82) is 0 Å². The SMILES string of the molecule is CC(C)(O)C(=O)Nc1sccc1C(N)=O. The van der Waals surface area contributed by atoms with Gasteiger partial charge in [0.2, 0.25) is 0 Å². The summed E-state index contributed by atoms with van der Waals surface area (Å²) < 4.78 is 0. The van der Waals surface area contributed by atoms with Gasteiger partial charge in [-0.25, -0.2) is 0 Å². The van der Waals surface area contributed by atoms with Crippen LogP contribution in [0.2, 0.25) is 0 Å². The second-order valence-electron chi connectivity index (χ2n) is 3.54. The fourth-order valence-electron chi connectivity index (χ4n) is 0.856. The molecule has 1 rings (SSSR count). The number of aliphatic hydroxyl groups is 1. The molecular formula is C9H12N2O3S. The van der Waals surface area contributed by atoms with Gasteiger partial charge in [0.25, 0.3) is 11.8 Å². The van der Waals surface area contributed by atoms with Crippen LogP contribution in [-0.2, 0) is 4.79 Å². The highest BCUT2D eigenvalue weighted by atomic mass is 32.1. The molecular weight excluding hydrogens is 216 g/mol. The van der Waals surface area contributed by atoms with Gasteiger partial charge in [0.05, 0.1) is 5.56 Å². The Bertz CT molecular complexity index is 392. The molecule has 0 aliphatic carbocycles. The smallest absolute Gasteiger partial charge is 0.256 e. The first kappa shape index (κ1) is 11.7. The summed E-state index contributed by atoms with van der Waals surface area (Å²) in [5.74, 6) is -1.19. The van der Waals surface area contributed by atoms with Gasteiger partial charge in [0.1, 0.15) is 10.6 Å². The van der Waals surface area contributed by atoms with Gasteiger partial charge in [-0.05, 0) is 25.3 Å². The van der Waals surface area contributed by atoms with E-state index >= 15 is 0 Å². The van der Waals surface area contributed by atoms with E-state index in [0.29, 0.717) is 5.00 Å². The number of carbonyl (C=O) groups excluding carboxylic acids is 2. The average Bonchev–Trinajstić information content (AvgIpc) is 2.50. The Morgan fingerprint density at radius 1 is 1.53 bits per heavy atom. The Morgan fingerprint density at radius 3 is 2.60 bits per heavy atom. The lowest BCUT2D eigenvalue weighted by Gasteiger charge is -2.16. The van der Waals surface area contributed by atoms with Gasteiger partial charge >= 0.3 is 0 Å². The molecule has 1 heterocycles. The molecule has 0 aromatic carbocycles. The molecule has 4 N–H and O–H groups in total. The summed E-state index contributed by atoms with van der Waals surface area (Å²) in [7, 11) is 0. The summed E-state index contributed by atoms with van der Waals surface area (Å²) in [5.41, 5.74) is 3.86. The third-order valence-electron chi connectivity index (χ3n) is 1.71. The molecule has 15 heavy (non-hydrogen) atoms. The van der Waals surface area contributed by atoms with Gasteiger partial charge in [-0.3, -0.25) is 9.59 Å². The number of thiophene rings is 1. The zero-order valence-electron chi connectivity index (χ0n) is 8.40. The number of nitrogens with two attached hydrogens (primary N) is 1. The Labute approximate surface area is 90.9 Å². The second kappa shape index (κ2) is 4.00. The van der Waals surface area contributed by atoms with Crippen LogP contribution >= 0.6 is 11.3 Å². The molecule has 0 aliphatic rings. The van der Waals surface area contributed by atoms with Crippen molar-refractivity contribution in [1.82, 2.24) is 0 Å². The maximum Gasteiger partial charge on any atom is 0.256 e. The van der Waals surface area contributed by atoms with Crippen molar-refractivity contribution in [2.24, 2.45) is 5.73 Å². The fraction of sp³-hybridized carbons (Fsp3) is 0.333. The molecule has 0 bridgehead atoms. The molecule has 5 nitrogen and oxygen atoms in total. The Hall–Kier alpha value is -1.40. The van der Waals surface area contributed by atoms with Crippen LogP contribution in [0.3, 0.4) is 0 Å². The van der Waals surface area contributed by atoms with Gasteiger partial charge < -0.3 is 16.2 Å². The van der Waals surface area contributed by atoms with E-state index in [9.17, 15) is 14.7 Å². The summed E-state index contributed by atoms with van der Waals surface area (Å²) in [6, 6.07) is 1.52. The standard InChI is InChI=1S/C9H12N2O3S/c1-9(2,14)8(13)11-7-5(6(10)12)3-4-15-7/h3-4,14H,1-2H3,(H2,10,12)(H,11,13). The van der Waals surface area contributed by atoms with E-state index in [1.807, 2.05) is 0 Å². The van der Waals surface area contributed by atoms with Crippen molar-refractivity contribution in [3.05, 3.63) is 17.0 Å². The number of amides is 2. The van der Waals surface area contributed by atoms with Crippen LogP contribution in [-0.4, -0.2) is 22.5 Å². The van der Waals surface area contributed by atoms with Crippen LogP contribution in [0.25, 0.3) is 0 Å². The van der Waals surface area contributed by atoms with Crippen molar-refractivity contribution in [2.75, 3.05) is 5.32 Å².